The molecule has 1 aliphatic rings. The summed E-state index contributed by atoms with van der Waals surface area (Å²) in [6.07, 6.45) is 0. The Morgan fingerprint density at radius 1 is 1.24 bits per heavy atom. The highest BCUT2D eigenvalue weighted by atomic mass is 35.5. The number of nitrogens with one attached hydrogen (secondary N) is 1. The molecule has 94 valence electrons. The summed E-state index contributed by atoms with van der Waals surface area (Å²) < 4.78 is 0. The van der Waals surface area contributed by atoms with E-state index < -0.39 is 0 Å². The number of nitrogens with zero attached hydrogens (tertiary/aromatic N) is 2. The molecule has 0 aliphatic carbocycles. The van der Waals surface area contributed by atoms with Crippen LogP contribution in [0, 0.1) is 0 Å². The van der Waals surface area contributed by atoms with Crippen LogP contribution in [-0.2, 0) is 6.54 Å². The average molecular weight is 254 g/mol. The number of hydrogen-bond acceptors (Lipinski definition) is 3. The summed E-state index contributed by atoms with van der Waals surface area (Å²) in [4.78, 5) is 4.75. The van der Waals surface area contributed by atoms with E-state index in [0.717, 1.165) is 37.7 Å². The van der Waals surface area contributed by atoms with Crippen LogP contribution in [0.15, 0.2) is 18.2 Å². The van der Waals surface area contributed by atoms with Gasteiger partial charge in [0.05, 0.1) is 10.7 Å². The van der Waals surface area contributed by atoms with Gasteiger partial charge in [0.2, 0.25) is 0 Å². The molecule has 0 amide bonds. The molecule has 1 heterocycles. The molecule has 1 N–H and O–H groups in total. The summed E-state index contributed by atoms with van der Waals surface area (Å²) in [6.45, 7) is 5.17. The van der Waals surface area contributed by atoms with Crippen molar-refractivity contribution >= 4 is 17.3 Å². The predicted octanol–water partition coefficient (Wildman–Crippen LogP) is 1.81. The van der Waals surface area contributed by atoms with Crippen LogP contribution in [0.2, 0.25) is 5.02 Å². The molecule has 0 bridgehead atoms. The van der Waals surface area contributed by atoms with Gasteiger partial charge in [0, 0.05) is 32.7 Å². The summed E-state index contributed by atoms with van der Waals surface area (Å²) >= 11 is 6.35. The molecular weight excluding hydrogens is 234 g/mol. The first-order valence-corrected chi connectivity index (χ1v) is 6.45. The molecule has 0 saturated carbocycles. The molecule has 1 saturated heterocycles. The molecule has 1 aliphatic heterocycles. The van der Waals surface area contributed by atoms with E-state index in [0.29, 0.717) is 0 Å². The number of para-hydroxylation sites is 1. The van der Waals surface area contributed by atoms with Crippen molar-refractivity contribution in [2.24, 2.45) is 0 Å². The highest BCUT2D eigenvalue weighted by Gasteiger charge is 2.18. The van der Waals surface area contributed by atoms with Crippen molar-refractivity contribution in [3.63, 3.8) is 0 Å². The number of likely N-dealkylation sites (N-methyl/N-ethyl adjacent to an activating group) is 1. The van der Waals surface area contributed by atoms with Crippen LogP contribution in [0.1, 0.15) is 5.56 Å². The average Bonchev–Trinajstić information content (AvgIpc) is 2.32. The molecular formula is C13H20ClN3. The third-order valence-corrected chi connectivity index (χ3v) is 3.56. The predicted molar refractivity (Wildman–Crippen MR) is 73.9 cm³/mol. The van der Waals surface area contributed by atoms with Gasteiger partial charge < -0.3 is 15.1 Å². The third-order valence-electron chi connectivity index (χ3n) is 3.26. The van der Waals surface area contributed by atoms with Crippen molar-refractivity contribution < 1.29 is 0 Å². The van der Waals surface area contributed by atoms with Gasteiger partial charge in [-0.15, -0.1) is 0 Å². The molecule has 1 fully saturated rings. The lowest BCUT2D eigenvalue weighted by molar-refractivity contribution is 0.312. The lowest BCUT2D eigenvalue weighted by Gasteiger charge is -2.35. The summed E-state index contributed by atoms with van der Waals surface area (Å²) in [5.74, 6) is 0. The Morgan fingerprint density at radius 3 is 2.59 bits per heavy atom. The first-order valence-electron chi connectivity index (χ1n) is 6.08. The van der Waals surface area contributed by atoms with E-state index in [2.05, 4.69) is 28.2 Å². The number of piperazine rings is 1. The van der Waals surface area contributed by atoms with Crippen molar-refractivity contribution in [3.8, 4) is 0 Å². The maximum atomic E-state index is 6.35. The van der Waals surface area contributed by atoms with Crippen LogP contribution < -0.4 is 10.2 Å². The maximum Gasteiger partial charge on any atom is 0.0642 e. The van der Waals surface area contributed by atoms with Gasteiger partial charge in [0.15, 0.2) is 0 Å². The number of hydrogen-bond donors (Lipinski definition) is 1. The molecule has 1 aromatic rings. The molecule has 0 aromatic heterocycles. The van der Waals surface area contributed by atoms with Crippen LogP contribution in [0.5, 0.6) is 0 Å². The van der Waals surface area contributed by atoms with Gasteiger partial charge in [-0.2, -0.15) is 0 Å². The number of halogens is 1. The highest BCUT2D eigenvalue weighted by Crippen LogP contribution is 2.30. The Morgan fingerprint density at radius 2 is 1.94 bits per heavy atom. The molecule has 0 spiro atoms. The largest absolute Gasteiger partial charge is 0.368 e. The normalized spacial score (nSPS) is 17.5. The van der Waals surface area contributed by atoms with Crippen molar-refractivity contribution in [3.05, 3.63) is 28.8 Å². The van der Waals surface area contributed by atoms with Crippen molar-refractivity contribution in [2.75, 3.05) is 45.2 Å². The monoisotopic (exact) mass is 253 g/mol. The van der Waals surface area contributed by atoms with Crippen molar-refractivity contribution in [1.29, 1.82) is 0 Å². The molecule has 17 heavy (non-hydrogen) atoms. The van der Waals surface area contributed by atoms with Crippen LogP contribution in [0.4, 0.5) is 5.69 Å². The van der Waals surface area contributed by atoms with Gasteiger partial charge in [-0.05, 0) is 25.7 Å². The van der Waals surface area contributed by atoms with Gasteiger partial charge in [-0.25, -0.2) is 0 Å². The molecule has 4 heteroatoms. The van der Waals surface area contributed by atoms with E-state index in [-0.39, 0.29) is 0 Å². The van der Waals surface area contributed by atoms with E-state index in [4.69, 9.17) is 11.6 Å². The van der Waals surface area contributed by atoms with Crippen LogP contribution >= 0.6 is 11.6 Å². The molecule has 0 radical (unpaired) electrons. The minimum Gasteiger partial charge on any atom is -0.368 e. The lowest BCUT2D eigenvalue weighted by Crippen LogP contribution is -2.45. The fourth-order valence-corrected chi connectivity index (χ4v) is 2.59. The summed E-state index contributed by atoms with van der Waals surface area (Å²) in [6, 6.07) is 6.15. The summed E-state index contributed by atoms with van der Waals surface area (Å²) in [7, 11) is 4.13. The Hall–Kier alpha value is -0.770. The zero-order valence-corrected chi connectivity index (χ0v) is 11.3. The zero-order chi connectivity index (χ0) is 12.3. The zero-order valence-electron chi connectivity index (χ0n) is 10.5. The van der Waals surface area contributed by atoms with Gasteiger partial charge in [0.25, 0.3) is 0 Å². The first kappa shape index (κ1) is 12.7. The summed E-state index contributed by atoms with van der Waals surface area (Å²) in [5.41, 5.74) is 2.49. The van der Waals surface area contributed by atoms with E-state index in [1.165, 1.54) is 11.3 Å². The number of rotatable bonds is 3. The minimum atomic E-state index is 0.863. The molecule has 3 nitrogen and oxygen atoms in total. The van der Waals surface area contributed by atoms with E-state index in [1.807, 2.05) is 19.2 Å². The standard InChI is InChI=1S/C13H20ClN3/c1-15-10-11-4-3-5-12(14)13(11)17-8-6-16(2)7-9-17/h3-5,15H,6-10H2,1-2H3. The van der Waals surface area contributed by atoms with E-state index in [9.17, 15) is 0 Å². The molecule has 1 aromatic carbocycles. The Labute approximate surface area is 108 Å². The van der Waals surface area contributed by atoms with Crippen LogP contribution in [0.3, 0.4) is 0 Å². The van der Waals surface area contributed by atoms with Gasteiger partial charge in [0.1, 0.15) is 0 Å². The Bertz CT molecular complexity index is 373. The quantitative estimate of drug-likeness (QED) is 0.887. The topological polar surface area (TPSA) is 18.5 Å². The molecule has 2 rings (SSSR count). The second-order valence-electron chi connectivity index (χ2n) is 4.57. The SMILES string of the molecule is CNCc1cccc(Cl)c1N1CCN(C)CC1. The fraction of sp³-hybridized carbons (Fsp3) is 0.538. The highest BCUT2D eigenvalue weighted by molar-refractivity contribution is 6.33. The number of anilines is 1. The third kappa shape index (κ3) is 2.92. The van der Waals surface area contributed by atoms with Crippen LogP contribution in [-0.4, -0.2) is 45.2 Å². The fourth-order valence-electron chi connectivity index (χ4n) is 2.28. The molecule has 0 unspecified atom stereocenters. The van der Waals surface area contributed by atoms with Crippen molar-refractivity contribution in [2.45, 2.75) is 6.54 Å². The Balaban J connectivity index is 2.23. The minimum absolute atomic E-state index is 0.863. The van der Waals surface area contributed by atoms with E-state index >= 15 is 0 Å². The van der Waals surface area contributed by atoms with Gasteiger partial charge in [-0.3, -0.25) is 0 Å². The lowest BCUT2D eigenvalue weighted by atomic mass is 10.1. The summed E-state index contributed by atoms with van der Waals surface area (Å²) in [5, 5.41) is 4.07. The number of benzene rings is 1. The Kier molecular flexibility index (Phi) is 4.26. The second kappa shape index (κ2) is 5.71. The molecule has 0 atom stereocenters. The van der Waals surface area contributed by atoms with Crippen LogP contribution in [0.25, 0.3) is 0 Å². The van der Waals surface area contributed by atoms with Gasteiger partial charge in [-0.1, -0.05) is 23.7 Å². The maximum absolute atomic E-state index is 6.35. The van der Waals surface area contributed by atoms with E-state index in [1.54, 1.807) is 0 Å². The van der Waals surface area contributed by atoms with Crippen molar-refractivity contribution in [1.82, 2.24) is 10.2 Å². The smallest absolute Gasteiger partial charge is 0.0642 e. The van der Waals surface area contributed by atoms with Gasteiger partial charge >= 0.3 is 0 Å². The first-order chi connectivity index (χ1) is 8.22. The second-order valence-corrected chi connectivity index (χ2v) is 4.98.